The Morgan fingerprint density at radius 3 is 2.53 bits per heavy atom. The number of nitrogens with two attached hydrogens (primary N) is 1. The van der Waals surface area contributed by atoms with Gasteiger partial charge in [0, 0.05) is 12.8 Å². The van der Waals surface area contributed by atoms with E-state index in [1.54, 1.807) is 19.2 Å². The molecule has 0 saturated heterocycles. The molecule has 0 heterocycles. The van der Waals surface area contributed by atoms with Crippen LogP contribution in [0.15, 0.2) is 24.3 Å². The number of primary amides is 1. The third-order valence-electron chi connectivity index (χ3n) is 2.71. The number of carbonyl (C=O) groups is 2. The van der Waals surface area contributed by atoms with Gasteiger partial charge in [-0.3, -0.25) is 9.59 Å². The van der Waals surface area contributed by atoms with Gasteiger partial charge in [0.2, 0.25) is 11.8 Å². The maximum Gasteiger partial charge on any atom is 0.224 e. The summed E-state index contributed by atoms with van der Waals surface area (Å²) in [6.45, 7) is 0. The number of nitrogens with one attached hydrogen (secondary N) is 1. The van der Waals surface area contributed by atoms with Crippen molar-refractivity contribution in [2.75, 3.05) is 12.4 Å². The second kappa shape index (κ2) is 8.13. The molecule has 3 N–H and O–H groups in total. The van der Waals surface area contributed by atoms with Crippen LogP contribution in [0.3, 0.4) is 0 Å². The van der Waals surface area contributed by atoms with E-state index in [0.29, 0.717) is 24.3 Å². The number of benzene rings is 1. The summed E-state index contributed by atoms with van der Waals surface area (Å²) >= 11 is 0. The molecule has 0 aliphatic carbocycles. The van der Waals surface area contributed by atoms with Gasteiger partial charge in [0.05, 0.1) is 12.8 Å². The minimum absolute atomic E-state index is 0.0522. The number of hydrogen-bond donors (Lipinski definition) is 2. The normalized spacial score (nSPS) is 9.95. The standard InChI is InChI=1S/C14H20N2O3/c1-19-12-8-6-5-7-11(12)16-14(18)10-4-2-3-9-13(15)17/h5-8H,2-4,9-10H2,1H3,(H2,15,17)(H,16,18). The van der Waals surface area contributed by atoms with Gasteiger partial charge in [-0.1, -0.05) is 18.6 Å². The predicted octanol–water partition coefficient (Wildman–Crippen LogP) is 2.07. The van der Waals surface area contributed by atoms with Gasteiger partial charge < -0.3 is 15.8 Å². The van der Waals surface area contributed by atoms with E-state index in [4.69, 9.17) is 10.5 Å². The average molecular weight is 264 g/mol. The molecule has 19 heavy (non-hydrogen) atoms. The summed E-state index contributed by atoms with van der Waals surface area (Å²) in [4.78, 5) is 22.3. The topological polar surface area (TPSA) is 81.4 Å². The lowest BCUT2D eigenvalue weighted by molar-refractivity contribution is -0.118. The van der Waals surface area contributed by atoms with Crippen molar-refractivity contribution in [1.82, 2.24) is 0 Å². The molecule has 0 aromatic heterocycles. The van der Waals surface area contributed by atoms with E-state index in [1.165, 1.54) is 0 Å². The summed E-state index contributed by atoms with van der Waals surface area (Å²) in [5.74, 6) is 0.298. The summed E-state index contributed by atoms with van der Waals surface area (Å²) < 4.78 is 5.15. The van der Waals surface area contributed by atoms with Gasteiger partial charge >= 0.3 is 0 Å². The zero-order valence-corrected chi connectivity index (χ0v) is 11.1. The lowest BCUT2D eigenvalue weighted by atomic mass is 10.1. The van der Waals surface area contributed by atoms with E-state index in [-0.39, 0.29) is 11.8 Å². The first-order valence-corrected chi connectivity index (χ1v) is 6.34. The summed E-state index contributed by atoms with van der Waals surface area (Å²) in [7, 11) is 1.56. The van der Waals surface area contributed by atoms with Crippen molar-refractivity contribution in [3.8, 4) is 5.75 Å². The molecule has 0 fully saturated rings. The zero-order chi connectivity index (χ0) is 14.1. The first-order valence-electron chi connectivity index (χ1n) is 6.34. The molecule has 0 radical (unpaired) electrons. The fourth-order valence-electron chi connectivity index (χ4n) is 1.72. The van der Waals surface area contributed by atoms with Crippen molar-refractivity contribution in [2.24, 2.45) is 5.73 Å². The molecular formula is C14H20N2O3. The van der Waals surface area contributed by atoms with Crippen LogP contribution in [0.5, 0.6) is 5.75 Å². The van der Waals surface area contributed by atoms with Crippen LogP contribution in [-0.4, -0.2) is 18.9 Å². The highest BCUT2D eigenvalue weighted by Gasteiger charge is 2.06. The number of methoxy groups -OCH3 is 1. The van der Waals surface area contributed by atoms with Crippen LogP contribution in [0.1, 0.15) is 32.1 Å². The minimum Gasteiger partial charge on any atom is -0.495 e. The van der Waals surface area contributed by atoms with Crippen molar-refractivity contribution in [3.63, 3.8) is 0 Å². The van der Waals surface area contributed by atoms with Crippen LogP contribution in [0.4, 0.5) is 5.69 Å². The largest absolute Gasteiger partial charge is 0.495 e. The van der Waals surface area contributed by atoms with Crippen LogP contribution in [0.25, 0.3) is 0 Å². The number of rotatable bonds is 8. The Hall–Kier alpha value is -2.04. The summed E-state index contributed by atoms with van der Waals surface area (Å²) in [6, 6.07) is 7.27. The molecule has 0 aliphatic heterocycles. The number of ether oxygens (including phenoxy) is 1. The molecule has 5 nitrogen and oxygen atoms in total. The highest BCUT2D eigenvalue weighted by Crippen LogP contribution is 2.23. The Bertz CT molecular complexity index is 432. The highest BCUT2D eigenvalue weighted by molar-refractivity contribution is 5.92. The molecule has 0 atom stereocenters. The van der Waals surface area contributed by atoms with Gasteiger partial charge in [-0.25, -0.2) is 0 Å². The monoisotopic (exact) mass is 264 g/mol. The first kappa shape index (κ1) is 15.0. The number of amides is 2. The second-order valence-corrected chi connectivity index (χ2v) is 4.28. The first-order chi connectivity index (χ1) is 9.13. The number of para-hydroxylation sites is 2. The van der Waals surface area contributed by atoms with Crippen molar-refractivity contribution >= 4 is 17.5 Å². The van der Waals surface area contributed by atoms with Crippen molar-refractivity contribution in [1.29, 1.82) is 0 Å². The molecule has 0 spiro atoms. The summed E-state index contributed by atoms with van der Waals surface area (Å²) in [5.41, 5.74) is 5.71. The highest BCUT2D eigenvalue weighted by atomic mass is 16.5. The SMILES string of the molecule is COc1ccccc1NC(=O)CCCCCC(N)=O. The molecule has 0 aliphatic rings. The molecule has 0 saturated carbocycles. The Labute approximate surface area is 113 Å². The minimum atomic E-state index is -0.293. The summed E-state index contributed by atoms with van der Waals surface area (Å²) in [5, 5.41) is 2.81. The predicted molar refractivity (Wildman–Crippen MR) is 73.9 cm³/mol. The third kappa shape index (κ3) is 5.90. The number of unbranched alkanes of at least 4 members (excludes halogenated alkanes) is 2. The smallest absolute Gasteiger partial charge is 0.224 e. The molecule has 5 heteroatoms. The van der Waals surface area contributed by atoms with E-state index >= 15 is 0 Å². The van der Waals surface area contributed by atoms with Crippen molar-refractivity contribution in [2.45, 2.75) is 32.1 Å². The van der Waals surface area contributed by atoms with Crippen molar-refractivity contribution < 1.29 is 14.3 Å². The zero-order valence-electron chi connectivity index (χ0n) is 11.1. The van der Waals surface area contributed by atoms with Crippen LogP contribution in [-0.2, 0) is 9.59 Å². The molecule has 1 rings (SSSR count). The van der Waals surface area contributed by atoms with E-state index in [2.05, 4.69) is 5.32 Å². The number of anilines is 1. The van der Waals surface area contributed by atoms with Crippen LogP contribution in [0, 0.1) is 0 Å². The van der Waals surface area contributed by atoms with Crippen LogP contribution >= 0.6 is 0 Å². The number of carbonyl (C=O) groups excluding carboxylic acids is 2. The van der Waals surface area contributed by atoms with Gasteiger partial charge in [-0.2, -0.15) is 0 Å². The van der Waals surface area contributed by atoms with Crippen LogP contribution < -0.4 is 15.8 Å². The fourth-order valence-corrected chi connectivity index (χ4v) is 1.72. The van der Waals surface area contributed by atoms with Gasteiger partial charge in [-0.15, -0.1) is 0 Å². The lowest BCUT2D eigenvalue weighted by Crippen LogP contribution is -2.12. The Morgan fingerprint density at radius 2 is 1.84 bits per heavy atom. The lowest BCUT2D eigenvalue weighted by Gasteiger charge is -2.09. The van der Waals surface area contributed by atoms with Gasteiger partial charge in [0.25, 0.3) is 0 Å². The van der Waals surface area contributed by atoms with Gasteiger partial charge in [0.15, 0.2) is 0 Å². The van der Waals surface area contributed by atoms with Gasteiger partial charge in [-0.05, 0) is 25.0 Å². The molecule has 104 valence electrons. The Morgan fingerprint density at radius 1 is 1.16 bits per heavy atom. The molecule has 2 amide bonds. The summed E-state index contributed by atoms with van der Waals surface area (Å²) in [6.07, 6.45) is 3.11. The average Bonchev–Trinajstić information content (AvgIpc) is 2.38. The quantitative estimate of drug-likeness (QED) is 0.705. The van der Waals surface area contributed by atoms with Crippen molar-refractivity contribution in [3.05, 3.63) is 24.3 Å². The maximum atomic E-state index is 11.7. The van der Waals surface area contributed by atoms with E-state index in [9.17, 15) is 9.59 Å². The maximum absolute atomic E-state index is 11.7. The molecule has 1 aromatic carbocycles. The van der Waals surface area contributed by atoms with E-state index in [1.807, 2.05) is 12.1 Å². The van der Waals surface area contributed by atoms with Gasteiger partial charge in [0.1, 0.15) is 5.75 Å². The number of hydrogen-bond acceptors (Lipinski definition) is 3. The van der Waals surface area contributed by atoms with E-state index in [0.717, 1.165) is 19.3 Å². The molecule has 0 unspecified atom stereocenters. The third-order valence-corrected chi connectivity index (χ3v) is 2.71. The Kier molecular flexibility index (Phi) is 6.43. The molecule has 0 bridgehead atoms. The molecular weight excluding hydrogens is 244 g/mol. The molecule has 1 aromatic rings. The fraction of sp³-hybridized carbons (Fsp3) is 0.429. The Balaban J connectivity index is 2.29. The van der Waals surface area contributed by atoms with E-state index < -0.39 is 0 Å². The second-order valence-electron chi connectivity index (χ2n) is 4.28. The van der Waals surface area contributed by atoms with Crippen LogP contribution in [0.2, 0.25) is 0 Å².